The molecule has 3 rings (SSSR count). The van der Waals surface area contributed by atoms with E-state index < -0.39 is 0 Å². The van der Waals surface area contributed by atoms with Crippen LogP contribution < -0.4 is 4.74 Å². The summed E-state index contributed by atoms with van der Waals surface area (Å²) >= 11 is 5.88. The molecule has 1 aliphatic rings. The zero-order chi connectivity index (χ0) is 15.4. The molecule has 2 aromatic rings. The van der Waals surface area contributed by atoms with Gasteiger partial charge in [0.15, 0.2) is 0 Å². The van der Waals surface area contributed by atoms with E-state index in [1.165, 1.54) is 5.56 Å². The lowest BCUT2D eigenvalue weighted by Gasteiger charge is -2.30. The first kappa shape index (κ1) is 15.3. The van der Waals surface area contributed by atoms with Gasteiger partial charge in [-0.25, -0.2) is 0 Å². The van der Waals surface area contributed by atoms with E-state index in [1.807, 2.05) is 36.4 Å². The number of aliphatic hydroxyl groups excluding tert-OH is 1. The monoisotopic (exact) mass is 317 g/mol. The molecule has 4 heteroatoms. The van der Waals surface area contributed by atoms with Crippen LogP contribution in [0.3, 0.4) is 0 Å². The lowest BCUT2D eigenvalue weighted by molar-refractivity contribution is 0.0668. The highest BCUT2D eigenvalue weighted by Gasteiger charge is 2.17. The molecule has 22 heavy (non-hydrogen) atoms. The molecule has 1 heterocycles. The summed E-state index contributed by atoms with van der Waals surface area (Å²) in [6, 6.07) is 15.4. The summed E-state index contributed by atoms with van der Waals surface area (Å²) in [7, 11) is 0. The number of β-amino-alcohol motifs (C(OH)–C–C–N with tert-alkyl or cyclic N) is 1. The second-order valence-electron chi connectivity index (χ2n) is 5.73. The predicted octanol–water partition coefficient (Wildman–Crippen LogP) is 4.09. The standard InChI is InChI=1S/C18H20ClNO2/c19-15-6-8-17(9-7-15)22-18-5-1-3-14(11-18)12-20-10-2-4-16(21)13-20/h1,3,5-9,11,16,21H,2,4,10,12-13H2/t16-/m1/s1. The number of rotatable bonds is 4. The largest absolute Gasteiger partial charge is 0.457 e. The van der Waals surface area contributed by atoms with Gasteiger partial charge in [0.1, 0.15) is 11.5 Å². The van der Waals surface area contributed by atoms with Gasteiger partial charge in [0.05, 0.1) is 6.10 Å². The molecule has 0 spiro atoms. The Morgan fingerprint density at radius 3 is 2.73 bits per heavy atom. The molecule has 0 aromatic heterocycles. The zero-order valence-corrected chi connectivity index (χ0v) is 13.2. The van der Waals surface area contributed by atoms with E-state index in [2.05, 4.69) is 17.0 Å². The summed E-state index contributed by atoms with van der Waals surface area (Å²) in [6.07, 6.45) is 1.78. The summed E-state index contributed by atoms with van der Waals surface area (Å²) in [4.78, 5) is 2.29. The average molecular weight is 318 g/mol. The summed E-state index contributed by atoms with van der Waals surface area (Å²) in [6.45, 7) is 2.64. The molecule has 0 unspecified atom stereocenters. The number of likely N-dealkylation sites (tertiary alicyclic amines) is 1. The number of ether oxygens (including phenoxy) is 1. The molecular formula is C18H20ClNO2. The highest BCUT2D eigenvalue weighted by molar-refractivity contribution is 6.30. The molecule has 3 nitrogen and oxygen atoms in total. The van der Waals surface area contributed by atoms with E-state index >= 15 is 0 Å². The number of hydrogen-bond acceptors (Lipinski definition) is 3. The fourth-order valence-electron chi connectivity index (χ4n) is 2.78. The second kappa shape index (κ2) is 7.14. The van der Waals surface area contributed by atoms with Crippen LogP contribution in [0.15, 0.2) is 48.5 Å². The van der Waals surface area contributed by atoms with Crippen molar-refractivity contribution in [2.45, 2.75) is 25.5 Å². The zero-order valence-electron chi connectivity index (χ0n) is 12.4. The van der Waals surface area contributed by atoms with Crippen molar-refractivity contribution in [2.24, 2.45) is 0 Å². The predicted molar refractivity (Wildman–Crippen MR) is 88.5 cm³/mol. The Morgan fingerprint density at radius 1 is 1.14 bits per heavy atom. The number of nitrogens with zero attached hydrogens (tertiary/aromatic N) is 1. The Morgan fingerprint density at radius 2 is 1.95 bits per heavy atom. The van der Waals surface area contributed by atoms with Crippen molar-refractivity contribution in [3.8, 4) is 11.5 Å². The lowest BCUT2D eigenvalue weighted by Crippen LogP contribution is -2.37. The molecule has 0 saturated carbocycles. The number of hydrogen-bond donors (Lipinski definition) is 1. The van der Waals surface area contributed by atoms with Crippen molar-refractivity contribution in [3.05, 3.63) is 59.1 Å². The number of halogens is 1. The average Bonchev–Trinajstić information content (AvgIpc) is 2.50. The van der Waals surface area contributed by atoms with Crippen molar-refractivity contribution >= 4 is 11.6 Å². The Kier molecular flexibility index (Phi) is 4.98. The van der Waals surface area contributed by atoms with Gasteiger partial charge in [-0.15, -0.1) is 0 Å². The Hall–Kier alpha value is -1.55. The molecule has 1 fully saturated rings. The quantitative estimate of drug-likeness (QED) is 0.922. The molecule has 2 aromatic carbocycles. The molecule has 1 N–H and O–H groups in total. The van der Waals surface area contributed by atoms with Crippen LogP contribution in [0.4, 0.5) is 0 Å². The van der Waals surface area contributed by atoms with Gasteiger partial charge in [0, 0.05) is 18.1 Å². The van der Waals surface area contributed by atoms with Crippen LogP contribution in [0.5, 0.6) is 11.5 Å². The van der Waals surface area contributed by atoms with Crippen molar-refractivity contribution < 1.29 is 9.84 Å². The molecule has 116 valence electrons. The molecule has 0 amide bonds. The molecule has 0 radical (unpaired) electrons. The lowest BCUT2D eigenvalue weighted by atomic mass is 10.1. The van der Waals surface area contributed by atoms with Gasteiger partial charge in [-0.2, -0.15) is 0 Å². The molecule has 1 saturated heterocycles. The minimum Gasteiger partial charge on any atom is -0.457 e. The normalized spacial score (nSPS) is 19.1. The van der Waals surface area contributed by atoms with Gasteiger partial charge in [-0.3, -0.25) is 4.90 Å². The Bertz CT molecular complexity index is 615. The first-order chi connectivity index (χ1) is 10.7. The minimum absolute atomic E-state index is 0.192. The Labute approximate surface area is 136 Å². The van der Waals surface area contributed by atoms with Crippen LogP contribution in [0.25, 0.3) is 0 Å². The fourth-order valence-corrected chi connectivity index (χ4v) is 2.90. The molecule has 1 atom stereocenters. The van der Waals surface area contributed by atoms with E-state index in [4.69, 9.17) is 16.3 Å². The molecule has 0 aliphatic carbocycles. The maximum absolute atomic E-state index is 9.75. The summed E-state index contributed by atoms with van der Waals surface area (Å²) in [5, 5.41) is 10.5. The summed E-state index contributed by atoms with van der Waals surface area (Å²) in [5.74, 6) is 1.59. The first-order valence-corrected chi connectivity index (χ1v) is 7.99. The Balaban J connectivity index is 1.65. The molecular weight excluding hydrogens is 298 g/mol. The van der Waals surface area contributed by atoms with E-state index in [0.29, 0.717) is 5.02 Å². The first-order valence-electron chi connectivity index (χ1n) is 7.62. The van der Waals surface area contributed by atoms with Crippen LogP contribution in [-0.4, -0.2) is 29.2 Å². The maximum atomic E-state index is 9.75. The summed E-state index contributed by atoms with van der Waals surface area (Å²) < 4.78 is 5.86. The van der Waals surface area contributed by atoms with Crippen LogP contribution in [0.1, 0.15) is 18.4 Å². The smallest absolute Gasteiger partial charge is 0.127 e. The van der Waals surface area contributed by atoms with E-state index in [1.54, 1.807) is 0 Å². The highest BCUT2D eigenvalue weighted by atomic mass is 35.5. The van der Waals surface area contributed by atoms with Crippen molar-refractivity contribution in [2.75, 3.05) is 13.1 Å². The van der Waals surface area contributed by atoms with Crippen molar-refractivity contribution in [1.29, 1.82) is 0 Å². The van der Waals surface area contributed by atoms with Crippen molar-refractivity contribution in [1.82, 2.24) is 4.90 Å². The highest BCUT2D eigenvalue weighted by Crippen LogP contribution is 2.24. The van der Waals surface area contributed by atoms with Crippen LogP contribution in [-0.2, 0) is 6.54 Å². The maximum Gasteiger partial charge on any atom is 0.127 e. The van der Waals surface area contributed by atoms with E-state index in [0.717, 1.165) is 44.0 Å². The van der Waals surface area contributed by atoms with Gasteiger partial charge in [0.2, 0.25) is 0 Å². The molecule has 1 aliphatic heterocycles. The van der Waals surface area contributed by atoms with Gasteiger partial charge in [-0.05, 0) is 61.3 Å². The van der Waals surface area contributed by atoms with Gasteiger partial charge in [0.25, 0.3) is 0 Å². The minimum atomic E-state index is -0.192. The van der Waals surface area contributed by atoms with Gasteiger partial charge < -0.3 is 9.84 Å². The van der Waals surface area contributed by atoms with Gasteiger partial charge in [-0.1, -0.05) is 23.7 Å². The van der Waals surface area contributed by atoms with Crippen LogP contribution in [0.2, 0.25) is 5.02 Å². The summed E-state index contributed by atoms with van der Waals surface area (Å²) in [5.41, 5.74) is 1.19. The van der Waals surface area contributed by atoms with E-state index in [9.17, 15) is 5.11 Å². The topological polar surface area (TPSA) is 32.7 Å². The van der Waals surface area contributed by atoms with Crippen LogP contribution >= 0.6 is 11.6 Å². The third-order valence-corrected chi connectivity index (χ3v) is 4.09. The second-order valence-corrected chi connectivity index (χ2v) is 6.17. The SMILES string of the molecule is O[C@@H]1CCCN(Cc2cccc(Oc3ccc(Cl)cc3)c2)C1. The van der Waals surface area contributed by atoms with Crippen molar-refractivity contribution in [3.63, 3.8) is 0 Å². The fraction of sp³-hybridized carbons (Fsp3) is 0.333. The van der Waals surface area contributed by atoms with E-state index in [-0.39, 0.29) is 6.10 Å². The number of benzene rings is 2. The number of piperidine rings is 1. The third-order valence-electron chi connectivity index (χ3n) is 3.83. The third kappa shape index (κ3) is 4.23. The van der Waals surface area contributed by atoms with Gasteiger partial charge >= 0.3 is 0 Å². The van der Waals surface area contributed by atoms with Crippen LogP contribution in [0, 0.1) is 0 Å². The molecule has 0 bridgehead atoms. The number of aliphatic hydroxyl groups is 1.